The minimum absolute atomic E-state index is 0.0146. The number of aromatic nitrogens is 4. The molecule has 4 rings (SSSR count). The van der Waals surface area contributed by atoms with Gasteiger partial charge in [-0.2, -0.15) is 10.2 Å². The normalized spacial score (nSPS) is 15.1. The van der Waals surface area contributed by atoms with Crippen molar-refractivity contribution in [2.45, 2.75) is 32.6 Å². The van der Waals surface area contributed by atoms with Crippen LogP contribution in [0.4, 0.5) is 0 Å². The van der Waals surface area contributed by atoms with E-state index in [0.717, 1.165) is 41.2 Å². The number of rotatable bonds is 3. The average molecular weight is 363 g/mol. The molecule has 0 spiro atoms. The van der Waals surface area contributed by atoms with Crippen molar-refractivity contribution in [1.29, 1.82) is 0 Å². The van der Waals surface area contributed by atoms with Gasteiger partial charge in [-0.25, -0.2) is 0 Å². The van der Waals surface area contributed by atoms with Crippen molar-refractivity contribution < 1.29 is 9.32 Å². The summed E-state index contributed by atoms with van der Waals surface area (Å²) in [5, 5.41) is 11.5. The molecular weight excluding hydrogens is 342 g/mol. The van der Waals surface area contributed by atoms with Crippen LogP contribution in [0.15, 0.2) is 41.2 Å². The van der Waals surface area contributed by atoms with E-state index in [2.05, 4.69) is 21.4 Å². The Morgan fingerprint density at radius 3 is 2.63 bits per heavy atom. The van der Waals surface area contributed by atoms with Crippen LogP contribution in [0.25, 0.3) is 11.3 Å². The predicted molar refractivity (Wildman–Crippen MR) is 99.1 cm³/mol. The van der Waals surface area contributed by atoms with Gasteiger partial charge in [0.1, 0.15) is 5.76 Å². The molecule has 7 nitrogen and oxygen atoms in total. The van der Waals surface area contributed by atoms with E-state index >= 15 is 0 Å². The summed E-state index contributed by atoms with van der Waals surface area (Å²) in [5.74, 6) is 1.13. The molecule has 27 heavy (non-hydrogen) atoms. The van der Waals surface area contributed by atoms with Gasteiger partial charge in [-0.3, -0.25) is 9.78 Å². The van der Waals surface area contributed by atoms with Crippen LogP contribution < -0.4 is 0 Å². The molecule has 138 valence electrons. The molecule has 0 unspecified atom stereocenters. The SMILES string of the molecule is Cc1noc(C)c1-c1cccc(C2CCN(C(=O)c3ccnnc3)CC2)n1. The Balaban J connectivity index is 1.47. The van der Waals surface area contributed by atoms with Crippen molar-refractivity contribution >= 4 is 5.91 Å². The van der Waals surface area contributed by atoms with E-state index in [0.29, 0.717) is 24.6 Å². The fraction of sp³-hybridized carbons (Fsp3) is 0.350. The molecule has 0 atom stereocenters. The highest BCUT2D eigenvalue weighted by Crippen LogP contribution is 2.31. The average Bonchev–Trinajstić information content (AvgIpc) is 3.06. The molecule has 1 amide bonds. The van der Waals surface area contributed by atoms with Gasteiger partial charge in [0.15, 0.2) is 0 Å². The van der Waals surface area contributed by atoms with Gasteiger partial charge in [0.2, 0.25) is 0 Å². The zero-order valence-electron chi connectivity index (χ0n) is 15.4. The molecule has 0 aliphatic carbocycles. The van der Waals surface area contributed by atoms with Crippen LogP contribution in [-0.4, -0.2) is 44.2 Å². The van der Waals surface area contributed by atoms with Gasteiger partial charge < -0.3 is 9.42 Å². The topological polar surface area (TPSA) is 85.0 Å². The van der Waals surface area contributed by atoms with Crippen LogP contribution in [0.2, 0.25) is 0 Å². The number of nitrogens with zero attached hydrogens (tertiary/aromatic N) is 5. The third kappa shape index (κ3) is 3.45. The molecular formula is C20H21N5O2. The van der Waals surface area contributed by atoms with Crippen LogP contribution in [0.1, 0.15) is 46.3 Å². The molecule has 4 heterocycles. The number of carbonyl (C=O) groups excluding carboxylic acids is 1. The quantitative estimate of drug-likeness (QED) is 0.710. The number of piperidine rings is 1. The molecule has 3 aromatic heterocycles. The van der Waals surface area contributed by atoms with Crippen molar-refractivity contribution in [2.24, 2.45) is 0 Å². The summed E-state index contributed by atoms with van der Waals surface area (Å²) < 4.78 is 5.27. The van der Waals surface area contributed by atoms with Crippen molar-refractivity contribution in [2.75, 3.05) is 13.1 Å². The molecule has 1 aliphatic rings. The van der Waals surface area contributed by atoms with E-state index in [1.165, 1.54) is 6.20 Å². The lowest BCUT2D eigenvalue weighted by Gasteiger charge is -2.31. The lowest BCUT2D eigenvalue weighted by atomic mass is 9.92. The number of aryl methyl sites for hydroxylation is 2. The van der Waals surface area contributed by atoms with Gasteiger partial charge in [0, 0.05) is 24.7 Å². The highest BCUT2D eigenvalue weighted by Gasteiger charge is 2.26. The Morgan fingerprint density at radius 1 is 1.15 bits per heavy atom. The number of likely N-dealkylation sites (tertiary alicyclic amines) is 1. The summed E-state index contributed by atoms with van der Waals surface area (Å²) in [6, 6.07) is 7.79. The lowest BCUT2D eigenvalue weighted by molar-refractivity contribution is 0.0711. The standard InChI is InChI=1S/C20H21N5O2/c1-13-19(14(2)27-24-13)18-5-3-4-17(23-18)15-7-10-25(11-8-15)20(26)16-6-9-21-22-12-16/h3-6,9,12,15H,7-8,10-11H2,1-2H3. The zero-order valence-corrected chi connectivity index (χ0v) is 15.4. The largest absolute Gasteiger partial charge is 0.361 e. The second-order valence-corrected chi connectivity index (χ2v) is 6.84. The number of hydrogen-bond donors (Lipinski definition) is 0. The van der Waals surface area contributed by atoms with Crippen LogP contribution in [0, 0.1) is 13.8 Å². The molecule has 3 aromatic rings. The number of hydrogen-bond acceptors (Lipinski definition) is 6. The van der Waals surface area contributed by atoms with Crippen molar-refractivity contribution in [1.82, 2.24) is 25.2 Å². The summed E-state index contributed by atoms with van der Waals surface area (Å²) in [4.78, 5) is 19.3. The molecule has 1 aliphatic heterocycles. The van der Waals surface area contributed by atoms with E-state index in [1.54, 1.807) is 12.3 Å². The number of amides is 1. The highest BCUT2D eigenvalue weighted by molar-refractivity contribution is 5.93. The third-order valence-corrected chi connectivity index (χ3v) is 5.09. The van der Waals surface area contributed by atoms with Crippen LogP contribution in [0.5, 0.6) is 0 Å². The van der Waals surface area contributed by atoms with Gasteiger partial charge in [-0.05, 0) is 44.9 Å². The Morgan fingerprint density at radius 2 is 1.96 bits per heavy atom. The van der Waals surface area contributed by atoms with Crippen molar-refractivity contribution in [3.05, 3.63) is 59.4 Å². The molecule has 0 aromatic carbocycles. The summed E-state index contributed by atoms with van der Waals surface area (Å²) in [6.45, 7) is 5.26. The van der Waals surface area contributed by atoms with Crippen LogP contribution >= 0.6 is 0 Å². The van der Waals surface area contributed by atoms with Crippen LogP contribution in [0.3, 0.4) is 0 Å². The van der Waals surface area contributed by atoms with E-state index in [1.807, 2.05) is 30.9 Å². The minimum atomic E-state index is 0.0146. The first-order chi connectivity index (χ1) is 13.1. The maximum Gasteiger partial charge on any atom is 0.255 e. The van der Waals surface area contributed by atoms with E-state index in [4.69, 9.17) is 9.51 Å². The fourth-order valence-electron chi connectivity index (χ4n) is 3.64. The van der Waals surface area contributed by atoms with Crippen LogP contribution in [-0.2, 0) is 0 Å². The van der Waals surface area contributed by atoms with Crippen molar-refractivity contribution in [3.63, 3.8) is 0 Å². The van der Waals surface area contributed by atoms with Crippen molar-refractivity contribution in [3.8, 4) is 11.3 Å². The van der Waals surface area contributed by atoms with E-state index < -0.39 is 0 Å². The first-order valence-corrected chi connectivity index (χ1v) is 9.09. The lowest BCUT2D eigenvalue weighted by Crippen LogP contribution is -2.38. The fourth-order valence-corrected chi connectivity index (χ4v) is 3.64. The molecule has 1 saturated heterocycles. The van der Waals surface area contributed by atoms with Gasteiger partial charge in [0.05, 0.1) is 34.9 Å². The first-order valence-electron chi connectivity index (χ1n) is 9.09. The predicted octanol–water partition coefficient (Wildman–Crippen LogP) is 3.16. The van der Waals surface area contributed by atoms with Gasteiger partial charge >= 0.3 is 0 Å². The summed E-state index contributed by atoms with van der Waals surface area (Å²) in [5.41, 5.74) is 4.36. The van der Waals surface area contributed by atoms with Gasteiger partial charge in [-0.15, -0.1) is 0 Å². The Bertz CT molecular complexity index is 927. The second kappa shape index (κ2) is 7.26. The second-order valence-electron chi connectivity index (χ2n) is 6.84. The summed E-state index contributed by atoms with van der Waals surface area (Å²) >= 11 is 0. The van der Waals surface area contributed by atoms with E-state index in [9.17, 15) is 4.79 Å². The Labute approximate surface area is 157 Å². The first kappa shape index (κ1) is 17.3. The van der Waals surface area contributed by atoms with E-state index in [-0.39, 0.29) is 5.91 Å². The summed E-state index contributed by atoms with van der Waals surface area (Å²) in [6.07, 6.45) is 4.85. The molecule has 0 bridgehead atoms. The summed E-state index contributed by atoms with van der Waals surface area (Å²) in [7, 11) is 0. The molecule has 0 N–H and O–H groups in total. The Hall–Kier alpha value is -3.09. The number of carbonyl (C=O) groups is 1. The molecule has 0 saturated carbocycles. The molecule has 7 heteroatoms. The highest BCUT2D eigenvalue weighted by atomic mass is 16.5. The smallest absolute Gasteiger partial charge is 0.255 e. The zero-order chi connectivity index (χ0) is 18.8. The molecule has 1 fully saturated rings. The van der Waals surface area contributed by atoms with Gasteiger partial charge in [-0.1, -0.05) is 11.2 Å². The van der Waals surface area contributed by atoms with Gasteiger partial charge in [0.25, 0.3) is 5.91 Å². The maximum absolute atomic E-state index is 12.6. The Kier molecular flexibility index (Phi) is 4.66. The third-order valence-electron chi connectivity index (χ3n) is 5.09. The minimum Gasteiger partial charge on any atom is -0.361 e. The monoisotopic (exact) mass is 363 g/mol. The molecule has 0 radical (unpaired) electrons. The maximum atomic E-state index is 12.6. The number of pyridine rings is 1.